The molecule has 0 amide bonds. The summed E-state index contributed by atoms with van der Waals surface area (Å²) < 4.78 is 2.88. The Morgan fingerprint density at radius 2 is 2.23 bits per heavy atom. The molecule has 0 radical (unpaired) electrons. The van der Waals surface area contributed by atoms with Gasteiger partial charge in [0.1, 0.15) is 0 Å². The summed E-state index contributed by atoms with van der Waals surface area (Å²) in [6.45, 7) is 0. The van der Waals surface area contributed by atoms with Crippen LogP contribution in [0.5, 0.6) is 0 Å². The number of nitrogens with zero attached hydrogens (tertiary/aromatic N) is 1. The lowest BCUT2D eigenvalue weighted by Gasteiger charge is -1.98. The molecule has 0 unspecified atom stereocenters. The Morgan fingerprint density at radius 1 is 1.46 bits per heavy atom. The van der Waals surface area contributed by atoms with Crippen molar-refractivity contribution < 1.29 is 0 Å². The molecule has 0 fully saturated rings. The number of benzene rings is 1. The van der Waals surface area contributed by atoms with Crippen LogP contribution >= 0.6 is 23.1 Å². The summed E-state index contributed by atoms with van der Waals surface area (Å²) in [5.74, 6) is 0.739. The minimum atomic E-state index is 0.135. The highest BCUT2D eigenvalue weighted by molar-refractivity contribution is 7.97. The van der Waals surface area contributed by atoms with Gasteiger partial charge in [0.25, 0.3) is 0 Å². The van der Waals surface area contributed by atoms with Gasteiger partial charge in [0.2, 0.25) is 0 Å². The van der Waals surface area contributed by atoms with E-state index in [-0.39, 0.29) is 4.87 Å². The maximum atomic E-state index is 11.5. The molecule has 0 aliphatic rings. The topological polar surface area (TPSA) is 22.0 Å². The Morgan fingerprint density at radius 3 is 3.00 bits per heavy atom. The van der Waals surface area contributed by atoms with Crippen LogP contribution in [-0.4, -0.2) is 10.8 Å². The van der Waals surface area contributed by atoms with E-state index in [2.05, 4.69) is 0 Å². The summed E-state index contributed by atoms with van der Waals surface area (Å²) in [6.07, 6.45) is 2.00. The zero-order chi connectivity index (χ0) is 9.26. The molecule has 0 saturated heterocycles. The summed E-state index contributed by atoms with van der Waals surface area (Å²) in [7, 11) is 0. The number of hydrogen-bond acceptors (Lipinski definition) is 3. The van der Waals surface area contributed by atoms with Gasteiger partial charge in [-0.25, -0.2) is 0 Å². The molecule has 2 aromatic rings. The molecule has 0 spiro atoms. The maximum absolute atomic E-state index is 11.5. The van der Waals surface area contributed by atoms with Crippen LogP contribution in [0.15, 0.2) is 29.1 Å². The number of thiazole rings is 1. The SMILES string of the molecule is CSCn1c(=O)sc2ccccc21. The molecule has 13 heavy (non-hydrogen) atoms. The average Bonchev–Trinajstić information content (AvgIpc) is 2.44. The first-order valence-corrected chi connectivity index (χ1v) is 6.11. The number of thioether (sulfide) groups is 1. The highest BCUT2D eigenvalue weighted by Crippen LogP contribution is 2.17. The normalized spacial score (nSPS) is 10.8. The second kappa shape index (κ2) is 3.55. The van der Waals surface area contributed by atoms with E-state index in [9.17, 15) is 4.79 Å². The highest BCUT2D eigenvalue weighted by Gasteiger charge is 2.04. The van der Waals surface area contributed by atoms with E-state index in [4.69, 9.17) is 0 Å². The molecule has 0 aliphatic heterocycles. The van der Waals surface area contributed by atoms with Gasteiger partial charge in [-0.15, -0.1) is 11.8 Å². The van der Waals surface area contributed by atoms with Gasteiger partial charge in [-0.05, 0) is 18.4 Å². The molecule has 4 heteroatoms. The zero-order valence-electron chi connectivity index (χ0n) is 7.19. The van der Waals surface area contributed by atoms with Gasteiger partial charge in [-0.3, -0.25) is 9.36 Å². The molecule has 1 heterocycles. The fraction of sp³-hybridized carbons (Fsp3) is 0.222. The third-order valence-corrected chi connectivity index (χ3v) is 3.31. The van der Waals surface area contributed by atoms with Crippen molar-refractivity contribution in [3.8, 4) is 0 Å². The van der Waals surface area contributed by atoms with Crippen molar-refractivity contribution in [2.24, 2.45) is 0 Å². The van der Waals surface area contributed by atoms with E-state index in [1.54, 1.807) is 11.8 Å². The fourth-order valence-electron chi connectivity index (χ4n) is 1.27. The van der Waals surface area contributed by atoms with E-state index in [1.807, 2.05) is 35.1 Å². The summed E-state index contributed by atoms with van der Waals surface area (Å²) in [5, 5.41) is 0. The number of rotatable bonds is 2. The minimum absolute atomic E-state index is 0.135. The van der Waals surface area contributed by atoms with Gasteiger partial charge < -0.3 is 0 Å². The molecular formula is C9H9NOS2. The van der Waals surface area contributed by atoms with E-state index >= 15 is 0 Å². The Kier molecular flexibility index (Phi) is 2.42. The molecule has 0 saturated carbocycles. The lowest BCUT2D eigenvalue weighted by molar-refractivity contribution is 0.915. The van der Waals surface area contributed by atoms with Crippen LogP contribution in [-0.2, 0) is 5.88 Å². The third kappa shape index (κ3) is 1.51. The smallest absolute Gasteiger partial charge is 0.289 e. The minimum Gasteiger partial charge on any atom is -0.289 e. The first kappa shape index (κ1) is 8.84. The van der Waals surface area contributed by atoms with Crippen LogP contribution in [0.3, 0.4) is 0 Å². The first-order chi connectivity index (χ1) is 6.33. The van der Waals surface area contributed by atoms with E-state index in [0.29, 0.717) is 0 Å². The summed E-state index contributed by atoms with van der Waals surface area (Å²) in [5.41, 5.74) is 1.05. The quantitative estimate of drug-likeness (QED) is 0.761. The van der Waals surface area contributed by atoms with Gasteiger partial charge in [-0.1, -0.05) is 23.5 Å². The number of aromatic nitrogens is 1. The van der Waals surface area contributed by atoms with E-state index in [1.165, 1.54) is 11.3 Å². The third-order valence-electron chi connectivity index (χ3n) is 1.83. The predicted molar refractivity (Wildman–Crippen MR) is 59.6 cm³/mol. The molecule has 0 atom stereocenters. The Hall–Kier alpha value is -0.740. The Balaban J connectivity index is 2.71. The van der Waals surface area contributed by atoms with Gasteiger partial charge >= 0.3 is 4.87 Å². The van der Waals surface area contributed by atoms with E-state index in [0.717, 1.165) is 16.1 Å². The fourth-order valence-corrected chi connectivity index (χ4v) is 2.75. The van der Waals surface area contributed by atoms with Gasteiger partial charge in [0.15, 0.2) is 0 Å². The van der Waals surface area contributed by atoms with Crippen LogP contribution in [0, 0.1) is 0 Å². The van der Waals surface area contributed by atoms with Crippen molar-refractivity contribution in [1.29, 1.82) is 0 Å². The average molecular weight is 211 g/mol. The van der Waals surface area contributed by atoms with Crippen molar-refractivity contribution >= 4 is 33.3 Å². The second-order valence-electron chi connectivity index (χ2n) is 2.68. The lowest BCUT2D eigenvalue weighted by atomic mass is 10.3. The maximum Gasteiger partial charge on any atom is 0.308 e. The molecular weight excluding hydrogens is 202 g/mol. The molecule has 2 rings (SSSR count). The Labute approximate surface area is 84.2 Å². The highest BCUT2D eigenvalue weighted by atomic mass is 32.2. The summed E-state index contributed by atoms with van der Waals surface area (Å²) in [6, 6.07) is 7.90. The second-order valence-corrected chi connectivity index (χ2v) is 4.51. The zero-order valence-corrected chi connectivity index (χ0v) is 8.82. The molecule has 0 N–H and O–H groups in total. The molecule has 1 aromatic carbocycles. The van der Waals surface area contributed by atoms with Gasteiger partial charge in [0, 0.05) is 0 Å². The standard InChI is InChI=1S/C9H9NOS2/c1-12-6-10-7-4-2-3-5-8(7)13-9(10)11/h2-5H,6H2,1H3. The molecule has 0 aliphatic carbocycles. The molecule has 1 aromatic heterocycles. The number of hydrogen-bond donors (Lipinski definition) is 0. The van der Waals surface area contributed by atoms with Crippen molar-refractivity contribution in [2.75, 3.05) is 6.26 Å². The van der Waals surface area contributed by atoms with Crippen LogP contribution < -0.4 is 4.87 Å². The monoisotopic (exact) mass is 211 g/mol. The van der Waals surface area contributed by atoms with Gasteiger partial charge in [0.05, 0.1) is 16.1 Å². The first-order valence-electron chi connectivity index (χ1n) is 3.90. The predicted octanol–water partition coefficient (Wildman–Crippen LogP) is 2.38. The number of para-hydroxylation sites is 1. The lowest BCUT2D eigenvalue weighted by Crippen LogP contribution is -2.10. The van der Waals surface area contributed by atoms with Crippen LogP contribution in [0.4, 0.5) is 0 Å². The van der Waals surface area contributed by atoms with Crippen molar-refractivity contribution in [3.63, 3.8) is 0 Å². The van der Waals surface area contributed by atoms with E-state index < -0.39 is 0 Å². The summed E-state index contributed by atoms with van der Waals surface area (Å²) in [4.78, 5) is 11.6. The molecule has 0 bridgehead atoms. The van der Waals surface area contributed by atoms with Crippen molar-refractivity contribution in [2.45, 2.75) is 5.88 Å². The largest absolute Gasteiger partial charge is 0.308 e. The van der Waals surface area contributed by atoms with Crippen LogP contribution in [0.2, 0.25) is 0 Å². The molecule has 2 nitrogen and oxygen atoms in total. The van der Waals surface area contributed by atoms with Crippen molar-refractivity contribution in [1.82, 2.24) is 4.57 Å². The Bertz CT molecular complexity index is 472. The van der Waals surface area contributed by atoms with Crippen LogP contribution in [0.1, 0.15) is 0 Å². The van der Waals surface area contributed by atoms with Gasteiger partial charge in [-0.2, -0.15) is 0 Å². The number of fused-ring (bicyclic) bond motifs is 1. The van der Waals surface area contributed by atoms with Crippen molar-refractivity contribution in [3.05, 3.63) is 33.9 Å². The van der Waals surface area contributed by atoms with Crippen LogP contribution in [0.25, 0.3) is 10.2 Å². The summed E-state index contributed by atoms with van der Waals surface area (Å²) >= 11 is 2.97. The molecule has 68 valence electrons.